The number of anilines is 1. The van der Waals surface area contributed by atoms with Crippen LogP contribution < -0.4 is 4.31 Å². The van der Waals surface area contributed by atoms with Crippen molar-refractivity contribution in [2.75, 3.05) is 23.2 Å². The van der Waals surface area contributed by atoms with Gasteiger partial charge in [0.25, 0.3) is 0 Å². The summed E-state index contributed by atoms with van der Waals surface area (Å²) in [6, 6.07) is 6.34. The minimum Gasteiger partial charge on any atom is -0.466 e. The normalized spacial score (nSPS) is 19.3. The molecule has 1 aromatic rings. The van der Waals surface area contributed by atoms with E-state index in [-0.39, 0.29) is 18.8 Å². The van der Waals surface area contributed by atoms with E-state index in [0.29, 0.717) is 24.2 Å². The van der Waals surface area contributed by atoms with Gasteiger partial charge in [0, 0.05) is 6.54 Å². The van der Waals surface area contributed by atoms with Crippen molar-refractivity contribution in [1.82, 2.24) is 0 Å². The van der Waals surface area contributed by atoms with Crippen LogP contribution in [0.2, 0.25) is 0 Å². The van der Waals surface area contributed by atoms with Crippen LogP contribution in [0, 0.1) is 0 Å². The molecule has 1 saturated heterocycles. The smallest absolute Gasteiger partial charge is 0.308 e. The highest BCUT2D eigenvalue weighted by atomic mass is 32.2. The van der Waals surface area contributed by atoms with Crippen molar-refractivity contribution in [3.05, 3.63) is 29.8 Å². The van der Waals surface area contributed by atoms with Crippen LogP contribution in [0.5, 0.6) is 0 Å². The highest BCUT2D eigenvalue weighted by molar-refractivity contribution is 7.93. The Kier molecular flexibility index (Phi) is 5.61. The summed E-state index contributed by atoms with van der Waals surface area (Å²) in [5.41, 5.74) is 0.795. The van der Waals surface area contributed by atoms with Crippen molar-refractivity contribution in [2.45, 2.75) is 32.0 Å². The van der Waals surface area contributed by atoms with E-state index in [0.717, 1.165) is 0 Å². The first kappa shape index (κ1) is 17.7. The maximum atomic E-state index is 11.9. The van der Waals surface area contributed by atoms with Gasteiger partial charge >= 0.3 is 5.97 Å². The van der Waals surface area contributed by atoms with E-state index < -0.39 is 28.2 Å². The summed E-state index contributed by atoms with van der Waals surface area (Å²) in [6.45, 7) is 2.25. The van der Waals surface area contributed by atoms with E-state index in [1.165, 1.54) is 10.4 Å². The van der Waals surface area contributed by atoms with Crippen LogP contribution in [-0.4, -0.2) is 49.6 Å². The fourth-order valence-corrected chi connectivity index (χ4v) is 4.07. The van der Waals surface area contributed by atoms with Crippen LogP contribution in [-0.2, 0) is 19.6 Å². The molecule has 0 amide bonds. The zero-order chi connectivity index (χ0) is 17.0. The molecule has 0 spiro atoms. The number of nitrogens with zero attached hydrogens (tertiary/aromatic N) is 1. The van der Waals surface area contributed by atoms with Crippen molar-refractivity contribution in [3.63, 3.8) is 0 Å². The lowest BCUT2D eigenvalue weighted by Crippen LogP contribution is -2.26. The Morgan fingerprint density at radius 3 is 2.74 bits per heavy atom. The predicted octanol–water partition coefficient (Wildman–Crippen LogP) is 0.574. The number of hydrogen-bond acceptors (Lipinski definition) is 6. The molecule has 1 aromatic carbocycles. The van der Waals surface area contributed by atoms with Crippen LogP contribution in [0.3, 0.4) is 0 Å². The first-order valence-corrected chi connectivity index (χ1v) is 9.08. The molecule has 2 N–H and O–H groups in total. The molecule has 7 nitrogen and oxygen atoms in total. The molecule has 0 saturated carbocycles. The molecule has 128 valence electrons. The van der Waals surface area contributed by atoms with Gasteiger partial charge in [0.1, 0.15) is 6.10 Å². The molecule has 0 bridgehead atoms. The molecule has 0 aromatic heterocycles. The third kappa shape index (κ3) is 4.21. The van der Waals surface area contributed by atoms with Gasteiger partial charge in [0.15, 0.2) is 0 Å². The van der Waals surface area contributed by atoms with Crippen molar-refractivity contribution in [1.29, 1.82) is 0 Å². The average molecular weight is 343 g/mol. The number of aliphatic hydroxyl groups excluding tert-OH is 2. The molecule has 1 aliphatic heterocycles. The number of carbonyl (C=O) groups is 1. The highest BCUT2D eigenvalue weighted by Crippen LogP contribution is 2.28. The van der Waals surface area contributed by atoms with Gasteiger partial charge in [-0.15, -0.1) is 0 Å². The lowest BCUT2D eigenvalue weighted by atomic mass is 10.0. The average Bonchev–Trinajstić information content (AvgIpc) is 2.86. The molecule has 2 rings (SSSR count). The van der Waals surface area contributed by atoms with Gasteiger partial charge in [-0.1, -0.05) is 12.1 Å². The first-order valence-electron chi connectivity index (χ1n) is 7.47. The predicted molar refractivity (Wildman–Crippen MR) is 84.4 cm³/mol. The van der Waals surface area contributed by atoms with Gasteiger partial charge in [-0.3, -0.25) is 9.10 Å². The quantitative estimate of drug-likeness (QED) is 0.732. The number of sulfonamides is 1. The van der Waals surface area contributed by atoms with Crippen LogP contribution in [0.15, 0.2) is 24.3 Å². The number of benzene rings is 1. The Hall–Kier alpha value is -1.64. The standard InChI is InChI=1S/C15H21NO6S/c1-2-22-14(18)10-13(17)15(19)11-5-3-6-12(9-11)16-7-4-8-23(16,20)21/h3,5-6,9,13,15,17,19H,2,4,7-8,10H2,1H3. The summed E-state index contributed by atoms with van der Waals surface area (Å²) in [6.07, 6.45) is -2.40. The fourth-order valence-electron chi connectivity index (χ4n) is 2.52. The molecule has 2 atom stereocenters. The second kappa shape index (κ2) is 7.29. The summed E-state index contributed by atoms with van der Waals surface area (Å²) >= 11 is 0. The third-order valence-corrected chi connectivity index (χ3v) is 5.51. The van der Waals surface area contributed by atoms with E-state index in [9.17, 15) is 23.4 Å². The van der Waals surface area contributed by atoms with E-state index >= 15 is 0 Å². The van der Waals surface area contributed by atoms with Crippen LogP contribution in [0.1, 0.15) is 31.4 Å². The van der Waals surface area contributed by atoms with E-state index in [1.807, 2.05) is 0 Å². The Morgan fingerprint density at radius 2 is 2.13 bits per heavy atom. The number of carbonyl (C=O) groups excluding carboxylic acids is 1. The van der Waals surface area contributed by atoms with Gasteiger partial charge in [0.2, 0.25) is 10.0 Å². The summed E-state index contributed by atoms with van der Waals surface area (Å²) in [4.78, 5) is 11.4. The topological polar surface area (TPSA) is 104 Å². The minimum absolute atomic E-state index is 0.102. The number of rotatable bonds is 6. The van der Waals surface area contributed by atoms with Crippen molar-refractivity contribution >= 4 is 21.7 Å². The van der Waals surface area contributed by atoms with E-state index in [1.54, 1.807) is 25.1 Å². The molecule has 2 unspecified atom stereocenters. The Balaban J connectivity index is 2.14. The monoisotopic (exact) mass is 343 g/mol. The molecular weight excluding hydrogens is 322 g/mol. The first-order chi connectivity index (χ1) is 10.8. The van der Waals surface area contributed by atoms with Crippen molar-refractivity contribution < 1.29 is 28.2 Å². The molecule has 8 heteroatoms. The van der Waals surface area contributed by atoms with Gasteiger partial charge in [-0.05, 0) is 31.0 Å². The molecule has 1 aliphatic rings. The second-order valence-corrected chi connectivity index (χ2v) is 7.37. The van der Waals surface area contributed by atoms with E-state index in [4.69, 9.17) is 4.74 Å². The highest BCUT2D eigenvalue weighted by Gasteiger charge is 2.29. The number of aliphatic hydroxyl groups is 2. The minimum atomic E-state index is -3.31. The SMILES string of the molecule is CCOC(=O)CC(O)C(O)c1cccc(N2CCCS2(=O)=O)c1. The van der Waals surface area contributed by atoms with Gasteiger partial charge < -0.3 is 14.9 Å². The Morgan fingerprint density at radius 1 is 1.39 bits per heavy atom. The van der Waals surface area contributed by atoms with Gasteiger partial charge in [0.05, 0.1) is 30.6 Å². The van der Waals surface area contributed by atoms with Crippen LogP contribution in [0.25, 0.3) is 0 Å². The van der Waals surface area contributed by atoms with Crippen LogP contribution >= 0.6 is 0 Å². The van der Waals surface area contributed by atoms with Crippen LogP contribution in [0.4, 0.5) is 5.69 Å². The zero-order valence-electron chi connectivity index (χ0n) is 12.9. The summed E-state index contributed by atoms with van der Waals surface area (Å²) in [7, 11) is -3.31. The number of ether oxygens (including phenoxy) is 1. The number of esters is 1. The molecule has 1 fully saturated rings. The summed E-state index contributed by atoms with van der Waals surface area (Å²) in [5.74, 6) is -0.497. The van der Waals surface area contributed by atoms with Gasteiger partial charge in [-0.25, -0.2) is 8.42 Å². The lowest BCUT2D eigenvalue weighted by Gasteiger charge is -2.21. The maximum Gasteiger partial charge on any atom is 0.308 e. The molecule has 0 radical (unpaired) electrons. The zero-order valence-corrected chi connectivity index (χ0v) is 13.7. The van der Waals surface area contributed by atoms with Gasteiger partial charge in [-0.2, -0.15) is 0 Å². The third-order valence-electron chi connectivity index (χ3n) is 3.64. The fraction of sp³-hybridized carbons (Fsp3) is 0.533. The molecule has 1 heterocycles. The molecule has 0 aliphatic carbocycles. The largest absolute Gasteiger partial charge is 0.466 e. The van der Waals surface area contributed by atoms with E-state index in [2.05, 4.69) is 0 Å². The van der Waals surface area contributed by atoms with Crippen molar-refractivity contribution in [3.8, 4) is 0 Å². The molecule has 23 heavy (non-hydrogen) atoms. The summed E-state index contributed by atoms with van der Waals surface area (Å²) < 4.78 is 29.9. The Labute approximate surface area is 135 Å². The Bertz CT molecular complexity index is 660. The van der Waals surface area contributed by atoms with Crippen molar-refractivity contribution in [2.24, 2.45) is 0 Å². The molecular formula is C15H21NO6S. The number of hydrogen-bond donors (Lipinski definition) is 2. The summed E-state index contributed by atoms with van der Waals surface area (Å²) in [5, 5.41) is 20.1. The lowest BCUT2D eigenvalue weighted by molar-refractivity contribution is -0.147. The maximum absolute atomic E-state index is 11.9. The second-order valence-electron chi connectivity index (χ2n) is 5.36.